The number of hydrogen-bond acceptors (Lipinski definition) is 6. The Morgan fingerprint density at radius 3 is 2.89 bits per heavy atom. The van der Waals surface area contributed by atoms with Crippen molar-refractivity contribution in [2.45, 2.75) is 32.7 Å². The van der Waals surface area contributed by atoms with Gasteiger partial charge in [-0.05, 0) is 24.5 Å². The molecule has 0 aliphatic heterocycles. The highest BCUT2D eigenvalue weighted by atomic mass is 32.1. The number of aromatic nitrogens is 2. The van der Waals surface area contributed by atoms with Crippen LogP contribution in [0, 0.1) is 5.92 Å². The summed E-state index contributed by atoms with van der Waals surface area (Å²) in [6.07, 6.45) is 2.76. The molecule has 0 aliphatic rings. The van der Waals surface area contributed by atoms with Crippen molar-refractivity contribution < 1.29 is 14.1 Å². The summed E-state index contributed by atoms with van der Waals surface area (Å²) < 4.78 is 10.6. The molecule has 0 aliphatic carbocycles. The monoisotopic (exact) mass is 385 g/mol. The van der Waals surface area contributed by atoms with Gasteiger partial charge in [-0.2, -0.15) is 0 Å². The van der Waals surface area contributed by atoms with Gasteiger partial charge in [0.25, 0.3) is 0 Å². The van der Waals surface area contributed by atoms with Crippen LogP contribution in [0.4, 0.5) is 0 Å². The normalized spacial score (nSPS) is 12.1. The lowest BCUT2D eigenvalue weighted by Gasteiger charge is -2.18. The van der Waals surface area contributed by atoms with E-state index >= 15 is 0 Å². The van der Waals surface area contributed by atoms with Crippen molar-refractivity contribution in [2.24, 2.45) is 5.92 Å². The summed E-state index contributed by atoms with van der Waals surface area (Å²) in [5.74, 6) is 1.70. The van der Waals surface area contributed by atoms with Crippen LogP contribution in [0.2, 0.25) is 0 Å². The van der Waals surface area contributed by atoms with Crippen LogP contribution in [-0.2, 0) is 11.2 Å². The number of carbonyl (C=O) groups is 1. The van der Waals surface area contributed by atoms with Gasteiger partial charge < -0.3 is 14.6 Å². The van der Waals surface area contributed by atoms with Crippen molar-refractivity contribution in [3.05, 3.63) is 52.6 Å². The molecule has 3 rings (SSSR count). The molecule has 1 aromatic carbocycles. The second-order valence-corrected chi connectivity index (χ2v) is 7.64. The summed E-state index contributed by atoms with van der Waals surface area (Å²) >= 11 is 1.55. The summed E-state index contributed by atoms with van der Waals surface area (Å²) in [5, 5.41) is 9.95. The van der Waals surface area contributed by atoms with Gasteiger partial charge in [0.15, 0.2) is 5.76 Å². The quantitative estimate of drug-likeness (QED) is 0.627. The fraction of sp³-hybridized carbons (Fsp3) is 0.350. The smallest absolute Gasteiger partial charge is 0.226 e. The summed E-state index contributed by atoms with van der Waals surface area (Å²) in [5.41, 5.74) is 1.45. The van der Waals surface area contributed by atoms with E-state index in [9.17, 15) is 4.79 Å². The van der Waals surface area contributed by atoms with Gasteiger partial charge in [0.2, 0.25) is 5.91 Å². The maximum Gasteiger partial charge on any atom is 0.226 e. The maximum atomic E-state index is 12.5. The number of carbonyl (C=O) groups excluding carboxylic acids is 1. The van der Waals surface area contributed by atoms with Gasteiger partial charge in [-0.25, -0.2) is 4.98 Å². The van der Waals surface area contributed by atoms with Crippen LogP contribution in [0.1, 0.15) is 37.0 Å². The minimum atomic E-state index is -0.0960. The van der Waals surface area contributed by atoms with E-state index < -0.39 is 0 Å². The first-order chi connectivity index (χ1) is 13.0. The maximum absolute atomic E-state index is 12.5. The molecular formula is C20H23N3O3S. The lowest BCUT2D eigenvalue weighted by molar-refractivity contribution is -0.121. The van der Waals surface area contributed by atoms with Gasteiger partial charge in [0.05, 0.1) is 25.3 Å². The second-order valence-electron chi connectivity index (χ2n) is 6.71. The fourth-order valence-electron chi connectivity index (χ4n) is 2.82. The molecule has 0 spiro atoms. The average Bonchev–Trinajstić information content (AvgIpc) is 3.33. The highest BCUT2D eigenvalue weighted by molar-refractivity contribution is 7.09. The van der Waals surface area contributed by atoms with Crippen molar-refractivity contribution in [1.82, 2.24) is 15.5 Å². The first-order valence-corrected chi connectivity index (χ1v) is 9.72. The van der Waals surface area contributed by atoms with Crippen molar-refractivity contribution in [2.75, 3.05) is 7.11 Å². The Labute approximate surface area is 162 Å². The molecule has 7 heteroatoms. The number of benzene rings is 1. The van der Waals surface area contributed by atoms with E-state index in [2.05, 4.69) is 29.3 Å². The summed E-state index contributed by atoms with van der Waals surface area (Å²) in [4.78, 5) is 16.9. The van der Waals surface area contributed by atoms with Gasteiger partial charge in [0, 0.05) is 23.2 Å². The van der Waals surface area contributed by atoms with Crippen LogP contribution in [0.15, 0.2) is 46.4 Å². The van der Waals surface area contributed by atoms with E-state index in [0.29, 0.717) is 17.4 Å². The van der Waals surface area contributed by atoms with E-state index in [-0.39, 0.29) is 18.4 Å². The third-order valence-electron chi connectivity index (χ3n) is 4.05. The molecule has 6 nitrogen and oxygen atoms in total. The second kappa shape index (κ2) is 8.81. The van der Waals surface area contributed by atoms with E-state index in [1.807, 2.05) is 29.6 Å². The van der Waals surface area contributed by atoms with Crippen LogP contribution in [0.5, 0.6) is 5.75 Å². The molecule has 1 N–H and O–H groups in total. The summed E-state index contributed by atoms with van der Waals surface area (Å²) in [6, 6.07) is 9.23. The van der Waals surface area contributed by atoms with Crippen molar-refractivity contribution in [3.63, 3.8) is 0 Å². The zero-order chi connectivity index (χ0) is 19.2. The standard InChI is InChI=1S/C20H23N3O3S/c1-13(2)9-17(20-21-7-8-27-20)22-19(24)12-15-11-18(26-23-15)14-5-4-6-16(10-14)25-3/h4-8,10-11,13,17H,9,12H2,1-3H3,(H,22,24). The van der Waals surface area contributed by atoms with Crippen LogP contribution in [0.25, 0.3) is 11.3 Å². The molecule has 3 aromatic rings. The Morgan fingerprint density at radius 1 is 1.33 bits per heavy atom. The molecule has 1 amide bonds. The Morgan fingerprint density at radius 2 is 2.19 bits per heavy atom. The van der Waals surface area contributed by atoms with Crippen molar-refractivity contribution in [1.29, 1.82) is 0 Å². The van der Waals surface area contributed by atoms with Crippen molar-refractivity contribution in [3.8, 4) is 17.1 Å². The first-order valence-electron chi connectivity index (χ1n) is 8.84. The highest BCUT2D eigenvalue weighted by Gasteiger charge is 2.19. The molecule has 0 radical (unpaired) electrons. The lowest BCUT2D eigenvalue weighted by Crippen LogP contribution is -2.30. The van der Waals surface area contributed by atoms with E-state index in [1.54, 1.807) is 30.7 Å². The van der Waals surface area contributed by atoms with Crippen LogP contribution >= 0.6 is 11.3 Å². The molecular weight excluding hydrogens is 362 g/mol. The number of nitrogens with zero attached hydrogens (tertiary/aromatic N) is 2. The lowest BCUT2D eigenvalue weighted by atomic mass is 10.0. The number of nitrogens with one attached hydrogen (secondary N) is 1. The zero-order valence-corrected chi connectivity index (χ0v) is 16.5. The topological polar surface area (TPSA) is 77.2 Å². The van der Waals surface area contributed by atoms with Crippen molar-refractivity contribution >= 4 is 17.2 Å². The van der Waals surface area contributed by atoms with E-state index in [0.717, 1.165) is 22.7 Å². The van der Waals surface area contributed by atoms with Crippen LogP contribution < -0.4 is 10.1 Å². The van der Waals surface area contributed by atoms with Gasteiger partial charge >= 0.3 is 0 Å². The van der Waals surface area contributed by atoms with E-state index in [1.165, 1.54) is 0 Å². The summed E-state index contributed by atoms with van der Waals surface area (Å²) in [7, 11) is 1.62. The molecule has 142 valence electrons. The van der Waals surface area contributed by atoms with Gasteiger partial charge in [-0.3, -0.25) is 4.79 Å². The third-order valence-corrected chi connectivity index (χ3v) is 4.94. The number of thiazole rings is 1. The fourth-order valence-corrected chi connectivity index (χ4v) is 3.52. The molecule has 1 atom stereocenters. The van der Waals surface area contributed by atoms with Gasteiger partial charge in [-0.1, -0.05) is 31.1 Å². The molecule has 1 unspecified atom stereocenters. The molecule has 2 heterocycles. The number of rotatable bonds is 8. The number of amides is 1. The minimum absolute atomic E-state index is 0.0812. The SMILES string of the molecule is COc1cccc(-c2cc(CC(=O)NC(CC(C)C)c3nccs3)no2)c1. The Hall–Kier alpha value is -2.67. The molecule has 0 saturated carbocycles. The Kier molecular flexibility index (Phi) is 6.24. The number of methoxy groups -OCH3 is 1. The Balaban J connectivity index is 1.66. The average molecular weight is 385 g/mol. The van der Waals surface area contributed by atoms with Gasteiger partial charge in [0.1, 0.15) is 10.8 Å². The van der Waals surface area contributed by atoms with Gasteiger partial charge in [-0.15, -0.1) is 11.3 Å². The van der Waals surface area contributed by atoms with E-state index in [4.69, 9.17) is 9.26 Å². The molecule has 27 heavy (non-hydrogen) atoms. The predicted molar refractivity (Wildman–Crippen MR) is 105 cm³/mol. The van der Waals surface area contributed by atoms with Crippen LogP contribution in [0.3, 0.4) is 0 Å². The molecule has 0 saturated heterocycles. The molecule has 0 fully saturated rings. The first kappa shape index (κ1) is 19.1. The molecule has 0 bridgehead atoms. The third kappa shape index (κ3) is 5.17. The van der Waals surface area contributed by atoms with Crippen LogP contribution in [-0.4, -0.2) is 23.2 Å². The Bertz CT molecular complexity index is 874. The number of ether oxygens (including phenoxy) is 1. The predicted octanol–water partition coefficient (Wildman–Crippen LogP) is 4.25. The highest BCUT2D eigenvalue weighted by Crippen LogP contribution is 2.25. The minimum Gasteiger partial charge on any atom is -0.497 e. The number of hydrogen-bond donors (Lipinski definition) is 1. The molecule has 2 aromatic heterocycles. The zero-order valence-electron chi connectivity index (χ0n) is 15.6. The summed E-state index contributed by atoms with van der Waals surface area (Å²) in [6.45, 7) is 4.26. The largest absolute Gasteiger partial charge is 0.497 e.